The Morgan fingerprint density at radius 3 is 2.42 bits per heavy atom. The zero-order valence-electron chi connectivity index (χ0n) is 23.5. The number of carbonyl (C=O) groups is 2. The molecule has 0 saturated carbocycles. The van der Waals surface area contributed by atoms with Crippen molar-refractivity contribution in [3.05, 3.63) is 59.7 Å². The molecule has 1 aromatic heterocycles. The van der Waals surface area contributed by atoms with Crippen molar-refractivity contribution >= 4 is 29.5 Å². The van der Waals surface area contributed by atoms with Gasteiger partial charge in [0.25, 0.3) is 5.91 Å². The third-order valence-electron chi connectivity index (χ3n) is 6.24. The zero-order valence-corrected chi connectivity index (χ0v) is 23.5. The summed E-state index contributed by atoms with van der Waals surface area (Å²) in [6.45, 7) is 0.563. The van der Waals surface area contributed by atoms with Crippen LogP contribution < -0.4 is 30.7 Å². The van der Waals surface area contributed by atoms with Crippen LogP contribution in [0.2, 0.25) is 0 Å². The van der Waals surface area contributed by atoms with Crippen LogP contribution in [0.25, 0.3) is 0 Å². The van der Waals surface area contributed by atoms with Crippen molar-refractivity contribution in [3.63, 3.8) is 0 Å². The molecule has 3 aromatic rings. The van der Waals surface area contributed by atoms with Crippen LogP contribution >= 0.6 is 0 Å². The predicted octanol–water partition coefficient (Wildman–Crippen LogP) is 4.10. The number of halogens is 3. The van der Waals surface area contributed by atoms with E-state index in [0.717, 1.165) is 18.4 Å². The molecular formula is C28H33F3N8O4. The molecule has 0 atom stereocenters. The van der Waals surface area contributed by atoms with E-state index < -0.39 is 18.8 Å². The maximum Gasteiger partial charge on any atom is 0.422 e. The molecule has 12 nitrogen and oxygen atoms in total. The number of hydrogen-bond acceptors (Lipinski definition) is 9. The van der Waals surface area contributed by atoms with Crippen LogP contribution in [-0.4, -0.2) is 77.9 Å². The van der Waals surface area contributed by atoms with E-state index in [1.54, 1.807) is 36.2 Å². The first-order valence-corrected chi connectivity index (χ1v) is 13.7. The van der Waals surface area contributed by atoms with E-state index in [1.165, 1.54) is 0 Å². The van der Waals surface area contributed by atoms with Crippen molar-refractivity contribution in [2.24, 2.45) is 0 Å². The Morgan fingerprint density at radius 1 is 0.977 bits per heavy atom. The first-order chi connectivity index (χ1) is 20.7. The second-order valence-electron chi connectivity index (χ2n) is 9.58. The number of fused-ring (bicyclic) bond motifs is 2. The molecule has 2 aromatic carbocycles. The van der Waals surface area contributed by atoms with Gasteiger partial charge in [-0.05, 0) is 61.2 Å². The highest BCUT2D eigenvalue weighted by atomic mass is 19.4. The summed E-state index contributed by atoms with van der Waals surface area (Å²) in [5.41, 5.74) is 1.73. The van der Waals surface area contributed by atoms with Crippen LogP contribution in [0.3, 0.4) is 0 Å². The third-order valence-corrected chi connectivity index (χ3v) is 6.24. The fourth-order valence-corrected chi connectivity index (χ4v) is 4.06. The van der Waals surface area contributed by atoms with Gasteiger partial charge in [0.2, 0.25) is 11.9 Å². The van der Waals surface area contributed by atoms with Gasteiger partial charge in [-0.25, -0.2) is 4.79 Å². The quantitative estimate of drug-likeness (QED) is 0.341. The summed E-state index contributed by atoms with van der Waals surface area (Å²) in [5, 5.41) is 11.4. The highest BCUT2D eigenvalue weighted by Gasteiger charge is 2.29. The molecule has 0 aliphatic carbocycles. The molecule has 0 radical (unpaired) electrons. The zero-order chi connectivity index (χ0) is 30.7. The molecule has 15 heteroatoms. The van der Waals surface area contributed by atoms with E-state index in [0.29, 0.717) is 49.7 Å². The van der Waals surface area contributed by atoms with Gasteiger partial charge in [0.05, 0.1) is 6.61 Å². The van der Waals surface area contributed by atoms with E-state index in [9.17, 15) is 22.8 Å². The lowest BCUT2D eigenvalue weighted by molar-refractivity contribution is -0.154. The van der Waals surface area contributed by atoms with Gasteiger partial charge >= 0.3 is 18.2 Å². The Hall–Kier alpha value is -4.82. The number of nitrogens with one attached hydrogen (secondary N) is 4. The molecule has 3 amide bonds. The van der Waals surface area contributed by atoms with Gasteiger partial charge in [0.15, 0.2) is 6.61 Å². The van der Waals surface area contributed by atoms with Gasteiger partial charge in [-0.3, -0.25) is 4.79 Å². The van der Waals surface area contributed by atoms with Crippen molar-refractivity contribution in [2.75, 3.05) is 50.5 Å². The molecule has 0 unspecified atom stereocenters. The van der Waals surface area contributed by atoms with E-state index in [4.69, 9.17) is 9.47 Å². The Kier molecular flexibility index (Phi) is 10.8. The van der Waals surface area contributed by atoms with Crippen LogP contribution in [0, 0.1) is 0 Å². The summed E-state index contributed by atoms with van der Waals surface area (Å²) >= 11 is 0. The number of anilines is 3. The minimum atomic E-state index is -4.57. The van der Waals surface area contributed by atoms with E-state index in [-0.39, 0.29) is 30.4 Å². The minimum Gasteiger partial charge on any atom is -0.494 e. The molecule has 4 heterocycles. The largest absolute Gasteiger partial charge is 0.494 e. The summed E-state index contributed by atoms with van der Waals surface area (Å²) in [4.78, 5) is 38.8. The highest BCUT2D eigenvalue weighted by molar-refractivity contribution is 5.94. The van der Waals surface area contributed by atoms with Crippen LogP contribution in [0.5, 0.6) is 11.8 Å². The number of carbonyl (C=O) groups excluding carboxylic acids is 2. The standard InChI is InChI=1S/C28H33F3N8O4/c1-32-27(41)39-14-2-3-16-42-22-11-5-19(6-12-22)17-34-24-36-25(38-26(37-24)43-18-28(29,30)31)35-21-9-7-20(8-10-21)23(40)33-13-4-15-39/h5-12H,2-4,13-18H2,1H3,(H,32,41)(H,33,40)(H2,34,35,36,37,38). The maximum absolute atomic E-state index is 12.8. The number of alkyl halides is 3. The van der Waals surface area contributed by atoms with Crippen LogP contribution in [-0.2, 0) is 6.54 Å². The molecule has 3 aliphatic rings. The van der Waals surface area contributed by atoms with Crippen molar-refractivity contribution in [2.45, 2.75) is 32.0 Å². The van der Waals surface area contributed by atoms with Crippen LogP contribution in [0.1, 0.15) is 35.2 Å². The fraction of sp³-hybridized carbons (Fsp3) is 0.393. The number of hydrogen-bond donors (Lipinski definition) is 4. The van der Waals surface area contributed by atoms with Gasteiger partial charge in [0.1, 0.15) is 5.75 Å². The van der Waals surface area contributed by atoms with Gasteiger partial charge < -0.3 is 35.6 Å². The molecular weight excluding hydrogens is 569 g/mol. The van der Waals surface area contributed by atoms with Crippen LogP contribution in [0.15, 0.2) is 48.5 Å². The topological polar surface area (TPSA) is 143 Å². The lowest BCUT2D eigenvalue weighted by Crippen LogP contribution is -2.40. The number of amides is 3. The van der Waals surface area contributed by atoms with Crippen molar-refractivity contribution in [1.29, 1.82) is 0 Å². The average Bonchev–Trinajstić information content (AvgIpc) is 2.99. The number of aromatic nitrogens is 3. The van der Waals surface area contributed by atoms with E-state index >= 15 is 0 Å². The molecule has 43 heavy (non-hydrogen) atoms. The Morgan fingerprint density at radius 2 is 1.70 bits per heavy atom. The monoisotopic (exact) mass is 602 g/mol. The average molecular weight is 603 g/mol. The predicted molar refractivity (Wildman–Crippen MR) is 153 cm³/mol. The number of rotatable bonds is 2. The Labute approximate surface area is 246 Å². The minimum absolute atomic E-state index is 0.00215. The number of ether oxygens (including phenoxy) is 2. The summed E-state index contributed by atoms with van der Waals surface area (Å²) in [6, 6.07) is 13.0. The Bertz CT molecular complexity index is 1360. The molecule has 0 spiro atoms. The van der Waals surface area contributed by atoms with Crippen molar-refractivity contribution < 1.29 is 32.2 Å². The molecule has 230 valence electrons. The molecule has 6 bridgehead atoms. The SMILES string of the molecule is CNC(=O)N1CCCCOc2ccc(cc2)CNc2nc(nc(OCC(F)(F)F)n2)Nc2ccc(cc2)C(=O)NCCC1. The van der Waals surface area contributed by atoms with Crippen molar-refractivity contribution in [1.82, 2.24) is 30.5 Å². The first kappa shape index (κ1) is 31.1. The molecule has 3 aliphatic heterocycles. The molecule has 6 rings (SSSR count). The lowest BCUT2D eigenvalue weighted by Gasteiger charge is -2.22. The summed E-state index contributed by atoms with van der Waals surface area (Å²) in [7, 11) is 1.58. The first-order valence-electron chi connectivity index (χ1n) is 13.7. The van der Waals surface area contributed by atoms with Gasteiger partial charge in [0, 0.05) is 44.5 Å². The number of urea groups is 1. The van der Waals surface area contributed by atoms with Crippen LogP contribution in [0.4, 0.5) is 35.5 Å². The highest BCUT2D eigenvalue weighted by Crippen LogP contribution is 2.21. The second kappa shape index (κ2) is 14.9. The van der Waals surface area contributed by atoms with Gasteiger partial charge in [-0.1, -0.05) is 12.1 Å². The normalized spacial score (nSPS) is 15.2. The fourth-order valence-electron chi connectivity index (χ4n) is 4.06. The van der Waals surface area contributed by atoms with Gasteiger partial charge in [-0.2, -0.15) is 28.1 Å². The molecule has 4 N–H and O–H groups in total. The third kappa shape index (κ3) is 10.2. The maximum atomic E-state index is 12.8. The van der Waals surface area contributed by atoms with E-state index in [1.807, 2.05) is 24.3 Å². The van der Waals surface area contributed by atoms with Gasteiger partial charge in [-0.15, -0.1) is 0 Å². The Balaban J connectivity index is 1.52. The summed E-state index contributed by atoms with van der Waals surface area (Å²) in [5.74, 6) is 0.333. The second-order valence-corrected chi connectivity index (χ2v) is 9.58. The number of nitrogens with zero attached hydrogens (tertiary/aromatic N) is 4. The molecule has 0 fully saturated rings. The summed E-state index contributed by atoms with van der Waals surface area (Å²) in [6.07, 6.45) is -2.53. The smallest absolute Gasteiger partial charge is 0.422 e. The lowest BCUT2D eigenvalue weighted by atomic mass is 10.2. The van der Waals surface area contributed by atoms with E-state index in [2.05, 4.69) is 36.2 Å². The summed E-state index contributed by atoms with van der Waals surface area (Å²) < 4.78 is 48.9. The number of benzene rings is 2. The molecule has 0 saturated heterocycles. The van der Waals surface area contributed by atoms with Crippen molar-refractivity contribution in [3.8, 4) is 11.8 Å².